The van der Waals surface area contributed by atoms with Gasteiger partial charge in [0.05, 0.1) is 37.6 Å². The number of nitrogens with zero attached hydrogens (tertiary/aromatic N) is 3. The molecule has 1 aliphatic rings. The molecule has 2 aromatic heterocycles. The molecule has 4 aromatic rings. The highest BCUT2D eigenvalue weighted by molar-refractivity contribution is 7.16. The fraction of sp³-hybridized carbons (Fsp3) is 0.300. The molecule has 0 bridgehead atoms. The number of carbonyl (C=O) groups excluding carboxylic acids is 1. The number of fused-ring (bicyclic) bond motifs is 2. The Morgan fingerprint density at radius 1 is 1.10 bits per heavy atom. The number of hydrogen-bond donors (Lipinski definition) is 1. The van der Waals surface area contributed by atoms with Crippen LogP contribution in [-0.4, -0.2) is 60.7 Å². The third-order valence-electron chi connectivity index (χ3n) is 7.08. The number of thiophene rings is 1. The van der Waals surface area contributed by atoms with E-state index in [1.54, 1.807) is 49.4 Å². The number of esters is 1. The molecule has 9 nitrogen and oxygen atoms in total. The molecule has 3 heterocycles. The van der Waals surface area contributed by atoms with Crippen LogP contribution in [-0.2, 0) is 17.7 Å². The molecule has 208 valence electrons. The molecule has 0 fully saturated rings. The molecule has 0 radical (unpaired) electrons. The van der Waals surface area contributed by atoms with Crippen LogP contribution in [0.4, 0.5) is 5.00 Å². The zero-order valence-corrected chi connectivity index (χ0v) is 23.7. The van der Waals surface area contributed by atoms with Crippen LogP contribution in [0.15, 0.2) is 52.3 Å². The average Bonchev–Trinajstić information content (AvgIpc) is 3.34. The summed E-state index contributed by atoms with van der Waals surface area (Å²) < 4.78 is 17.4. The van der Waals surface area contributed by atoms with Gasteiger partial charge >= 0.3 is 5.97 Å². The summed E-state index contributed by atoms with van der Waals surface area (Å²) in [5.41, 5.74) is 1.81. The Morgan fingerprint density at radius 2 is 1.85 bits per heavy atom. The molecule has 10 heteroatoms. The van der Waals surface area contributed by atoms with Crippen LogP contribution in [0.25, 0.3) is 16.5 Å². The summed E-state index contributed by atoms with van der Waals surface area (Å²) in [5.74, 6) is 0.229. The molecule has 40 heavy (non-hydrogen) atoms. The van der Waals surface area contributed by atoms with Gasteiger partial charge in [-0.05, 0) is 43.7 Å². The van der Waals surface area contributed by atoms with Gasteiger partial charge in [0.2, 0.25) is 5.88 Å². The highest BCUT2D eigenvalue weighted by Gasteiger charge is 2.28. The number of hydrogen-bond acceptors (Lipinski definition) is 9. The number of rotatable bonds is 8. The van der Waals surface area contributed by atoms with Crippen molar-refractivity contribution in [2.24, 2.45) is 4.99 Å². The van der Waals surface area contributed by atoms with Crippen LogP contribution in [0.5, 0.6) is 17.4 Å². The minimum absolute atomic E-state index is 0.259. The topological polar surface area (TPSA) is 103 Å². The maximum absolute atomic E-state index is 13.6. The van der Waals surface area contributed by atoms with E-state index in [0.717, 1.165) is 36.5 Å². The molecule has 0 saturated heterocycles. The first-order valence-corrected chi connectivity index (χ1v) is 13.9. The summed E-state index contributed by atoms with van der Waals surface area (Å²) in [4.78, 5) is 34.7. The van der Waals surface area contributed by atoms with Crippen LogP contribution >= 0.6 is 11.3 Å². The largest absolute Gasteiger partial charge is 0.494 e. The second-order valence-electron chi connectivity index (χ2n) is 9.24. The minimum Gasteiger partial charge on any atom is -0.494 e. The first kappa shape index (κ1) is 27.4. The highest BCUT2D eigenvalue weighted by atomic mass is 32.1. The van der Waals surface area contributed by atoms with Gasteiger partial charge in [-0.25, -0.2) is 14.4 Å². The van der Waals surface area contributed by atoms with Crippen molar-refractivity contribution in [2.45, 2.75) is 26.8 Å². The van der Waals surface area contributed by atoms with E-state index < -0.39 is 11.5 Å². The van der Waals surface area contributed by atoms with Crippen molar-refractivity contribution in [3.8, 4) is 23.1 Å². The van der Waals surface area contributed by atoms with E-state index >= 15 is 0 Å². The highest BCUT2D eigenvalue weighted by Crippen LogP contribution is 2.40. The van der Waals surface area contributed by atoms with Gasteiger partial charge in [-0.1, -0.05) is 25.1 Å². The molecule has 0 spiro atoms. The first-order valence-electron chi connectivity index (χ1n) is 13.1. The molecule has 0 unspecified atom stereocenters. The molecular formula is C30H31N3O6S. The van der Waals surface area contributed by atoms with E-state index in [4.69, 9.17) is 19.2 Å². The summed E-state index contributed by atoms with van der Waals surface area (Å²) in [5, 5.41) is 13.0. The smallest absolute Gasteiger partial charge is 0.341 e. The zero-order valence-electron chi connectivity index (χ0n) is 22.9. The van der Waals surface area contributed by atoms with Crippen molar-refractivity contribution in [1.82, 2.24) is 9.47 Å². The molecule has 1 aliphatic heterocycles. The van der Waals surface area contributed by atoms with E-state index in [-0.39, 0.29) is 12.5 Å². The maximum atomic E-state index is 13.6. The van der Waals surface area contributed by atoms with Crippen molar-refractivity contribution in [2.75, 3.05) is 33.9 Å². The van der Waals surface area contributed by atoms with Gasteiger partial charge in [0, 0.05) is 41.0 Å². The Hall–Kier alpha value is -4.15. The Labute approximate surface area is 235 Å². The van der Waals surface area contributed by atoms with E-state index in [2.05, 4.69) is 11.8 Å². The Balaban J connectivity index is 1.68. The second-order valence-corrected chi connectivity index (χ2v) is 10.3. The Kier molecular flexibility index (Phi) is 7.90. The lowest BCUT2D eigenvalue weighted by atomic mass is 10.0. The van der Waals surface area contributed by atoms with Gasteiger partial charge in [0.1, 0.15) is 5.00 Å². The standard InChI is InChI=1S/C30H31N3O6S/c1-5-32-14-13-21-25(17-32)40-27(26(21)30(36)39-6-2)31-16-22-19-9-7-8-10-20(19)28(34)33(29(22)35)18-11-12-23(37-3)24(15-18)38-4/h7-12,15-16,35H,5-6,13-14,17H2,1-4H3. The molecule has 1 N–H and O–H groups in total. The molecule has 5 rings (SSSR count). The number of aliphatic imine (C=N–C) groups is 1. The van der Waals surface area contributed by atoms with E-state index in [1.165, 1.54) is 36.3 Å². The van der Waals surface area contributed by atoms with Gasteiger partial charge in [0.25, 0.3) is 5.56 Å². The number of aromatic hydroxyl groups is 1. The lowest BCUT2D eigenvalue weighted by Gasteiger charge is -2.25. The van der Waals surface area contributed by atoms with Gasteiger partial charge in [-0.3, -0.25) is 9.69 Å². The van der Waals surface area contributed by atoms with E-state index in [9.17, 15) is 14.7 Å². The average molecular weight is 562 g/mol. The van der Waals surface area contributed by atoms with Crippen molar-refractivity contribution in [1.29, 1.82) is 0 Å². The first-order chi connectivity index (χ1) is 19.4. The van der Waals surface area contributed by atoms with E-state index in [1.807, 2.05) is 0 Å². The minimum atomic E-state index is -0.401. The Bertz CT molecular complexity index is 1670. The number of carbonyl (C=O) groups is 1. The number of aromatic nitrogens is 1. The van der Waals surface area contributed by atoms with Crippen molar-refractivity contribution in [3.63, 3.8) is 0 Å². The summed E-state index contributed by atoms with van der Waals surface area (Å²) in [6.07, 6.45) is 2.26. The monoisotopic (exact) mass is 561 g/mol. The molecule has 0 amide bonds. The lowest BCUT2D eigenvalue weighted by Crippen LogP contribution is -2.29. The predicted molar refractivity (Wildman–Crippen MR) is 156 cm³/mol. The van der Waals surface area contributed by atoms with Gasteiger partial charge in [0.15, 0.2) is 11.5 Å². The SMILES string of the molecule is CCOC(=O)c1c(N=Cc2c(O)n(-c3ccc(OC)c(OC)c3)c(=O)c3ccccc23)sc2c1CCN(CC)C2. The fourth-order valence-electron chi connectivity index (χ4n) is 5.03. The van der Waals surface area contributed by atoms with Crippen LogP contribution in [0.2, 0.25) is 0 Å². The third kappa shape index (κ3) is 4.84. The van der Waals surface area contributed by atoms with Crippen molar-refractivity contribution >= 4 is 39.3 Å². The van der Waals surface area contributed by atoms with Gasteiger partial charge < -0.3 is 19.3 Å². The third-order valence-corrected chi connectivity index (χ3v) is 8.21. The molecule has 2 aromatic carbocycles. The van der Waals surface area contributed by atoms with Crippen LogP contribution in [0.3, 0.4) is 0 Å². The van der Waals surface area contributed by atoms with Crippen LogP contribution < -0.4 is 15.0 Å². The molecule has 0 aliphatic carbocycles. The fourth-order valence-corrected chi connectivity index (χ4v) is 6.25. The maximum Gasteiger partial charge on any atom is 0.341 e. The normalized spacial score (nSPS) is 13.5. The Morgan fingerprint density at radius 3 is 2.55 bits per heavy atom. The second kappa shape index (κ2) is 11.5. The molecular weight excluding hydrogens is 530 g/mol. The van der Waals surface area contributed by atoms with Crippen LogP contribution in [0, 0.1) is 0 Å². The summed E-state index contributed by atoms with van der Waals surface area (Å²) in [6, 6.07) is 12.0. The number of ether oxygens (including phenoxy) is 3. The van der Waals surface area contributed by atoms with Crippen molar-refractivity contribution < 1.29 is 24.1 Å². The van der Waals surface area contributed by atoms with Crippen molar-refractivity contribution in [3.05, 3.63) is 74.4 Å². The summed E-state index contributed by atoms with van der Waals surface area (Å²) >= 11 is 1.46. The van der Waals surface area contributed by atoms with Gasteiger partial charge in [-0.15, -0.1) is 11.3 Å². The molecule has 0 saturated carbocycles. The summed E-state index contributed by atoms with van der Waals surface area (Å²) in [6.45, 7) is 6.68. The van der Waals surface area contributed by atoms with Gasteiger partial charge in [-0.2, -0.15) is 0 Å². The lowest BCUT2D eigenvalue weighted by molar-refractivity contribution is 0.0526. The number of benzene rings is 2. The van der Waals surface area contributed by atoms with E-state index in [0.29, 0.717) is 44.1 Å². The van der Waals surface area contributed by atoms with Crippen LogP contribution in [0.1, 0.15) is 40.2 Å². The summed E-state index contributed by atoms with van der Waals surface area (Å²) in [7, 11) is 3.03. The molecule has 0 atom stereocenters. The number of likely N-dealkylation sites (N-methyl/N-ethyl adjacent to an activating group) is 1. The number of pyridine rings is 1. The predicted octanol–water partition coefficient (Wildman–Crippen LogP) is 5.08. The zero-order chi connectivity index (χ0) is 28.4. The quantitative estimate of drug-likeness (QED) is 0.236. The number of methoxy groups -OCH3 is 2.